The molecule has 0 amide bonds. The van der Waals surface area contributed by atoms with Crippen LogP contribution in [0.2, 0.25) is 5.02 Å². The lowest BCUT2D eigenvalue weighted by Gasteiger charge is -2.10. The van der Waals surface area contributed by atoms with Crippen molar-refractivity contribution in [3.63, 3.8) is 0 Å². The molecule has 0 saturated heterocycles. The number of rotatable bonds is 2. The van der Waals surface area contributed by atoms with Gasteiger partial charge in [0.25, 0.3) is 0 Å². The maximum Gasteiger partial charge on any atom is 0.586 e. The van der Waals surface area contributed by atoms with Crippen LogP contribution >= 0.6 is 11.6 Å². The highest BCUT2D eigenvalue weighted by atomic mass is 35.5. The number of ether oxygens (including phenoxy) is 3. The predicted octanol–water partition coefficient (Wildman–Crippen LogP) is 3.23. The fourth-order valence-electron chi connectivity index (χ4n) is 2.10. The highest BCUT2D eigenvalue weighted by molar-refractivity contribution is 6.35. The third-order valence-corrected chi connectivity index (χ3v) is 3.55. The minimum atomic E-state index is -3.97. The van der Waals surface area contributed by atoms with Gasteiger partial charge in [-0.05, 0) is 18.2 Å². The molecule has 1 aromatic heterocycles. The predicted molar refractivity (Wildman–Crippen MR) is 76.6 cm³/mol. The molecular weight excluding hydrogens is 353 g/mol. The number of pyridine rings is 1. The molecule has 10 heteroatoms. The zero-order valence-corrected chi connectivity index (χ0v) is 12.7. The molecule has 1 aliphatic heterocycles. The molecule has 24 heavy (non-hydrogen) atoms. The molecule has 0 atom stereocenters. The Labute approximate surface area is 137 Å². The van der Waals surface area contributed by atoms with E-state index in [0.29, 0.717) is 0 Å². The summed E-state index contributed by atoms with van der Waals surface area (Å²) in [6.07, 6.45) is -3.97. The van der Waals surface area contributed by atoms with Crippen LogP contribution in [0.4, 0.5) is 18.9 Å². The lowest BCUT2D eigenvalue weighted by atomic mass is 10.1. The summed E-state index contributed by atoms with van der Waals surface area (Å²) in [5.74, 6) is -3.26. The Kier molecular flexibility index (Phi) is 3.67. The van der Waals surface area contributed by atoms with Gasteiger partial charge in [-0.1, -0.05) is 11.6 Å². The molecule has 2 N–H and O–H groups in total. The summed E-state index contributed by atoms with van der Waals surface area (Å²) >= 11 is 5.87. The first-order valence-corrected chi connectivity index (χ1v) is 6.74. The average molecular weight is 361 g/mol. The van der Waals surface area contributed by atoms with E-state index in [1.807, 2.05) is 0 Å². The van der Waals surface area contributed by atoms with E-state index in [2.05, 4.69) is 19.2 Å². The van der Waals surface area contributed by atoms with Crippen molar-refractivity contribution >= 4 is 23.3 Å². The van der Waals surface area contributed by atoms with Crippen molar-refractivity contribution < 1.29 is 32.2 Å². The molecule has 0 unspecified atom stereocenters. The topological polar surface area (TPSA) is 83.7 Å². The molecule has 2 heterocycles. The van der Waals surface area contributed by atoms with Gasteiger partial charge in [0.05, 0.1) is 23.5 Å². The molecule has 126 valence electrons. The van der Waals surface area contributed by atoms with E-state index in [1.165, 1.54) is 6.07 Å². The number of benzene rings is 1. The van der Waals surface area contributed by atoms with E-state index in [1.54, 1.807) is 0 Å². The van der Waals surface area contributed by atoms with Crippen molar-refractivity contribution in [3.8, 4) is 22.8 Å². The number of nitrogen functional groups attached to an aromatic ring is 1. The van der Waals surface area contributed by atoms with E-state index in [0.717, 1.165) is 19.2 Å². The van der Waals surface area contributed by atoms with Crippen LogP contribution in [-0.2, 0) is 4.74 Å². The maximum atomic E-state index is 14.5. The van der Waals surface area contributed by atoms with Crippen molar-refractivity contribution in [2.45, 2.75) is 6.29 Å². The molecular formula is C14H8ClF3N2O4. The summed E-state index contributed by atoms with van der Waals surface area (Å²) in [6, 6.07) is 3.40. The Morgan fingerprint density at radius 2 is 2.08 bits per heavy atom. The second kappa shape index (κ2) is 5.45. The van der Waals surface area contributed by atoms with Gasteiger partial charge in [-0.25, -0.2) is 14.2 Å². The molecule has 0 saturated carbocycles. The van der Waals surface area contributed by atoms with Crippen LogP contribution in [-0.4, -0.2) is 24.4 Å². The molecule has 0 fully saturated rings. The second-order valence-electron chi connectivity index (χ2n) is 4.67. The fourth-order valence-corrected chi connectivity index (χ4v) is 2.27. The van der Waals surface area contributed by atoms with Crippen LogP contribution in [0.5, 0.6) is 11.5 Å². The standard InChI is InChI=1S/C14H8ClF3N2O4/c1-22-13(21)11-9(15)6(19)4-7(20-11)5-2-3-8-12(10(5)16)24-14(17,18)23-8/h2-4H,1H3,(H2,19,20). The highest BCUT2D eigenvalue weighted by Gasteiger charge is 2.45. The van der Waals surface area contributed by atoms with Crippen molar-refractivity contribution in [1.29, 1.82) is 0 Å². The van der Waals surface area contributed by atoms with Gasteiger partial charge in [0, 0.05) is 5.56 Å². The molecule has 2 aromatic rings. The van der Waals surface area contributed by atoms with Gasteiger partial charge in [0.2, 0.25) is 5.75 Å². The number of anilines is 1. The summed E-state index contributed by atoms with van der Waals surface area (Å²) in [5, 5.41) is -0.168. The van der Waals surface area contributed by atoms with Crippen molar-refractivity contribution in [2.24, 2.45) is 0 Å². The van der Waals surface area contributed by atoms with Crippen molar-refractivity contribution in [1.82, 2.24) is 4.98 Å². The third-order valence-electron chi connectivity index (χ3n) is 3.15. The number of hydrogen-bond donors (Lipinski definition) is 1. The Morgan fingerprint density at radius 1 is 1.38 bits per heavy atom. The van der Waals surface area contributed by atoms with Crippen LogP contribution in [0.15, 0.2) is 18.2 Å². The minimum Gasteiger partial charge on any atom is -0.464 e. The van der Waals surface area contributed by atoms with Crippen LogP contribution in [0, 0.1) is 5.82 Å². The van der Waals surface area contributed by atoms with Crippen LogP contribution in [0.1, 0.15) is 10.5 Å². The number of carbonyl (C=O) groups excluding carboxylic acids is 1. The van der Waals surface area contributed by atoms with Crippen LogP contribution < -0.4 is 15.2 Å². The number of hydrogen-bond acceptors (Lipinski definition) is 6. The normalized spacial score (nSPS) is 14.5. The fraction of sp³-hybridized carbons (Fsp3) is 0.143. The van der Waals surface area contributed by atoms with Gasteiger partial charge in [-0.15, -0.1) is 8.78 Å². The van der Waals surface area contributed by atoms with Crippen LogP contribution in [0.25, 0.3) is 11.3 Å². The van der Waals surface area contributed by atoms with E-state index in [-0.39, 0.29) is 27.7 Å². The van der Waals surface area contributed by atoms with Crippen molar-refractivity contribution in [3.05, 3.63) is 34.7 Å². The molecule has 0 radical (unpaired) electrons. The number of fused-ring (bicyclic) bond motifs is 1. The van der Waals surface area contributed by atoms with Gasteiger partial charge in [-0.2, -0.15) is 0 Å². The number of halogens is 4. The molecule has 0 bridgehead atoms. The molecule has 1 aliphatic rings. The van der Waals surface area contributed by atoms with E-state index < -0.39 is 29.6 Å². The lowest BCUT2D eigenvalue weighted by molar-refractivity contribution is -0.287. The minimum absolute atomic E-state index is 0.0653. The van der Waals surface area contributed by atoms with Crippen LogP contribution in [0.3, 0.4) is 0 Å². The Bertz CT molecular complexity index is 860. The summed E-state index contributed by atoms with van der Waals surface area (Å²) < 4.78 is 53.4. The van der Waals surface area contributed by atoms with Gasteiger partial charge in [0.1, 0.15) is 0 Å². The van der Waals surface area contributed by atoms with E-state index >= 15 is 0 Å². The lowest BCUT2D eigenvalue weighted by Crippen LogP contribution is -2.26. The summed E-state index contributed by atoms with van der Waals surface area (Å²) in [5.41, 5.74) is 4.93. The molecule has 0 aliphatic carbocycles. The van der Waals surface area contributed by atoms with E-state index in [9.17, 15) is 18.0 Å². The SMILES string of the molecule is COC(=O)c1nc(-c2ccc3c(c2F)OC(F)(F)O3)cc(N)c1Cl. The van der Waals surface area contributed by atoms with Gasteiger partial charge in [-0.3, -0.25) is 0 Å². The average Bonchev–Trinajstić information content (AvgIpc) is 2.85. The number of alkyl halides is 2. The number of aromatic nitrogens is 1. The first-order valence-electron chi connectivity index (χ1n) is 6.36. The number of esters is 1. The molecule has 6 nitrogen and oxygen atoms in total. The quantitative estimate of drug-likeness (QED) is 0.828. The Morgan fingerprint density at radius 3 is 2.75 bits per heavy atom. The monoisotopic (exact) mass is 360 g/mol. The number of methoxy groups -OCH3 is 1. The Balaban J connectivity index is 2.15. The second-order valence-corrected chi connectivity index (χ2v) is 5.05. The van der Waals surface area contributed by atoms with Gasteiger partial charge >= 0.3 is 12.3 Å². The zero-order chi connectivity index (χ0) is 17.6. The third kappa shape index (κ3) is 2.56. The number of carbonyl (C=O) groups is 1. The van der Waals surface area contributed by atoms with E-state index in [4.69, 9.17) is 17.3 Å². The smallest absolute Gasteiger partial charge is 0.464 e. The highest BCUT2D eigenvalue weighted by Crippen LogP contribution is 2.45. The van der Waals surface area contributed by atoms with Crippen molar-refractivity contribution in [2.75, 3.05) is 12.8 Å². The van der Waals surface area contributed by atoms with Gasteiger partial charge in [0.15, 0.2) is 17.3 Å². The molecule has 3 rings (SSSR count). The van der Waals surface area contributed by atoms with Gasteiger partial charge < -0.3 is 19.9 Å². The Hall–Kier alpha value is -2.68. The zero-order valence-electron chi connectivity index (χ0n) is 11.9. The summed E-state index contributed by atoms with van der Waals surface area (Å²) in [7, 11) is 1.10. The summed E-state index contributed by atoms with van der Waals surface area (Å²) in [4.78, 5) is 15.6. The molecule has 1 aromatic carbocycles. The first kappa shape index (κ1) is 16.2. The first-order chi connectivity index (χ1) is 11.2. The maximum absolute atomic E-state index is 14.5. The number of nitrogens with zero attached hydrogens (tertiary/aromatic N) is 1. The summed E-state index contributed by atoms with van der Waals surface area (Å²) in [6.45, 7) is 0. The number of nitrogens with two attached hydrogens (primary N) is 1. The largest absolute Gasteiger partial charge is 0.586 e. The molecule has 0 spiro atoms.